The maximum absolute atomic E-state index is 9.79. The molecule has 0 aromatic rings. The van der Waals surface area contributed by atoms with Gasteiger partial charge < -0.3 is 4.79 Å². The number of carbonyl (C=O) groups excluding carboxylic acids is 1. The van der Waals surface area contributed by atoms with Crippen molar-refractivity contribution in [1.29, 1.82) is 5.26 Å². The second kappa shape index (κ2) is 1.34. The van der Waals surface area contributed by atoms with Gasteiger partial charge in [0.1, 0.15) is 6.29 Å². The number of carbonyl (C=O) groups is 1. The van der Waals surface area contributed by atoms with Gasteiger partial charge in [0.05, 0.1) is 12.0 Å². The molecule has 0 radical (unpaired) electrons. The van der Waals surface area contributed by atoms with E-state index in [1.807, 2.05) is 6.07 Å². The lowest BCUT2D eigenvalue weighted by Crippen LogP contribution is -1.76. The Morgan fingerprint density at radius 3 is 2.71 bits per heavy atom. The molecule has 0 aromatic carbocycles. The van der Waals surface area contributed by atoms with E-state index in [0.717, 1.165) is 12.7 Å². The Labute approximate surface area is 41.7 Å². The average Bonchev–Trinajstić information content (AvgIpc) is 2.43. The third kappa shape index (κ3) is 0.614. The minimum absolute atomic E-state index is 0.0532. The monoisotopic (exact) mass is 95.0 g/mol. The molecule has 1 aliphatic carbocycles. The van der Waals surface area contributed by atoms with E-state index < -0.39 is 0 Å². The van der Waals surface area contributed by atoms with Crippen LogP contribution in [0.5, 0.6) is 0 Å². The highest BCUT2D eigenvalue weighted by Gasteiger charge is 2.36. The lowest BCUT2D eigenvalue weighted by Gasteiger charge is -1.65. The molecule has 36 valence electrons. The molecule has 0 N–H and O–H groups in total. The number of hydrogen-bond donors (Lipinski definition) is 0. The average molecular weight is 95.1 g/mol. The van der Waals surface area contributed by atoms with Crippen LogP contribution in [0.25, 0.3) is 0 Å². The van der Waals surface area contributed by atoms with Gasteiger partial charge in [0, 0.05) is 5.92 Å². The first kappa shape index (κ1) is 4.32. The fourth-order valence-electron chi connectivity index (χ4n) is 0.513. The van der Waals surface area contributed by atoms with Crippen LogP contribution < -0.4 is 0 Å². The molecule has 0 bridgehead atoms. The number of nitrogens with zero attached hydrogens (tertiary/aromatic N) is 1. The van der Waals surface area contributed by atoms with Crippen LogP contribution in [-0.2, 0) is 4.79 Å². The largest absolute Gasteiger partial charge is 0.303 e. The molecule has 2 nitrogen and oxygen atoms in total. The summed E-state index contributed by atoms with van der Waals surface area (Å²) in [5.41, 5.74) is 0. The Balaban J connectivity index is 2.34. The van der Waals surface area contributed by atoms with E-state index in [0.29, 0.717) is 0 Å². The van der Waals surface area contributed by atoms with Gasteiger partial charge in [-0.15, -0.1) is 0 Å². The number of rotatable bonds is 1. The van der Waals surface area contributed by atoms with Crippen molar-refractivity contribution in [2.75, 3.05) is 0 Å². The standard InChI is InChI=1S/C5H5NO/c6-2-4-1-5(4)3-7/h3-5H,1H2/t4-,5-/m1/s1. The zero-order valence-corrected chi connectivity index (χ0v) is 3.79. The molecule has 0 heterocycles. The maximum atomic E-state index is 9.79. The van der Waals surface area contributed by atoms with Crippen LogP contribution in [0.1, 0.15) is 6.42 Å². The van der Waals surface area contributed by atoms with Crippen LogP contribution in [0.2, 0.25) is 0 Å². The van der Waals surface area contributed by atoms with Crippen molar-refractivity contribution in [2.45, 2.75) is 6.42 Å². The Hall–Kier alpha value is -0.840. The van der Waals surface area contributed by atoms with E-state index in [9.17, 15) is 4.79 Å². The van der Waals surface area contributed by atoms with Crippen molar-refractivity contribution in [3.8, 4) is 6.07 Å². The normalized spacial score (nSPS) is 36.4. The summed E-state index contributed by atoms with van der Waals surface area (Å²) >= 11 is 0. The van der Waals surface area contributed by atoms with Crippen molar-refractivity contribution in [1.82, 2.24) is 0 Å². The molecule has 2 heteroatoms. The van der Waals surface area contributed by atoms with E-state index in [4.69, 9.17) is 5.26 Å². The Morgan fingerprint density at radius 1 is 1.86 bits per heavy atom. The molecule has 2 atom stereocenters. The van der Waals surface area contributed by atoms with Gasteiger partial charge in [-0.1, -0.05) is 0 Å². The molecule has 1 aliphatic rings. The molecule has 7 heavy (non-hydrogen) atoms. The highest BCUT2D eigenvalue weighted by atomic mass is 16.1. The molecule has 0 aromatic heterocycles. The molecule has 0 saturated heterocycles. The molecule has 1 fully saturated rings. The van der Waals surface area contributed by atoms with Gasteiger partial charge in [-0.05, 0) is 6.42 Å². The van der Waals surface area contributed by atoms with Crippen LogP contribution in [0.15, 0.2) is 0 Å². The molecular formula is C5H5NO. The Morgan fingerprint density at radius 2 is 2.57 bits per heavy atom. The topological polar surface area (TPSA) is 40.9 Å². The highest BCUT2D eigenvalue weighted by Crippen LogP contribution is 2.35. The third-order valence-electron chi connectivity index (χ3n) is 1.18. The summed E-state index contributed by atoms with van der Waals surface area (Å²) in [6, 6.07) is 2.01. The highest BCUT2D eigenvalue weighted by molar-refractivity contribution is 5.59. The van der Waals surface area contributed by atoms with Gasteiger partial charge in [0.15, 0.2) is 0 Å². The second-order valence-corrected chi connectivity index (χ2v) is 1.77. The van der Waals surface area contributed by atoms with Crippen LogP contribution >= 0.6 is 0 Å². The first-order valence-electron chi connectivity index (χ1n) is 2.23. The van der Waals surface area contributed by atoms with E-state index in [1.54, 1.807) is 0 Å². The van der Waals surface area contributed by atoms with Crippen molar-refractivity contribution in [3.05, 3.63) is 0 Å². The summed E-state index contributed by atoms with van der Waals surface area (Å²) in [7, 11) is 0. The van der Waals surface area contributed by atoms with Crippen LogP contribution in [0.4, 0.5) is 0 Å². The minimum atomic E-state index is 0.0532. The van der Waals surface area contributed by atoms with Gasteiger partial charge in [-0.25, -0.2) is 0 Å². The zero-order valence-electron chi connectivity index (χ0n) is 3.79. The molecule has 0 amide bonds. The second-order valence-electron chi connectivity index (χ2n) is 1.77. The first-order valence-corrected chi connectivity index (χ1v) is 2.23. The minimum Gasteiger partial charge on any atom is -0.303 e. The SMILES string of the molecule is N#C[C@H]1C[C@@H]1C=O. The summed E-state index contributed by atoms with van der Waals surface area (Å²) in [4.78, 5) is 9.79. The van der Waals surface area contributed by atoms with Crippen molar-refractivity contribution < 1.29 is 4.79 Å². The molecule has 0 unspecified atom stereocenters. The summed E-state index contributed by atoms with van der Waals surface area (Å²) in [6.45, 7) is 0. The van der Waals surface area contributed by atoms with Crippen molar-refractivity contribution in [2.24, 2.45) is 11.8 Å². The summed E-state index contributed by atoms with van der Waals surface area (Å²) < 4.78 is 0. The lowest BCUT2D eigenvalue weighted by atomic mass is 10.4. The van der Waals surface area contributed by atoms with Crippen molar-refractivity contribution in [3.63, 3.8) is 0 Å². The van der Waals surface area contributed by atoms with E-state index in [1.165, 1.54) is 0 Å². The summed E-state index contributed by atoms with van der Waals surface area (Å²) in [5.74, 6) is 0.127. The quantitative estimate of drug-likeness (QED) is 0.441. The van der Waals surface area contributed by atoms with Gasteiger partial charge in [0.25, 0.3) is 0 Å². The van der Waals surface area contributed by atoms with E-state index >= 15 is 0 Å². The fourth-order valence-corrected chi connectivity index (χ4v) is 0.513. The molecule has 1 saturated carbocycles. The van der Waals surface area contributed by atoms with Crippen LogP contribution in [-0.4, -0.2) is 6.29 Å². The molecule has 1 rings (SSSR count). The van der Waals surface area contributed by atoms with E-state index in [-0.39, 0.29) is 11.8 Å². The fraction of sp³-hybridized carbons (Fsp3) is 0.600. The molecular weight excluding hydrogens is 90.1 g/mol. The molecule has 0 spiro atoms. The van der Waals surface area contributed by atoms with Gasteiger partial charge in [0.2, 0.25) is 0 Å². The Kier molecular flexibility index (Phi) is 0.828. The predicted molar refractivity (Wildman–Crippen MR) is 23.3 cm³/mol. The smallest absolute Gasteiger partial charge is 0.124 e. The van der Waals surface area contributed by atoms with Crippen LogP contribution in [0, 0.1) is 23.2 Å². The van der Waals surface area contributed by atoms with Gasteiger partial charge in [-0.3, -0.25) is 0 Å². The van der Waals surface area contributed by atoms with Gasteiger partial charge in [-0.2, -0.15) is 5.26 Å². The van der Waals surface area contributed by atoms with Crippen molar-refractivity contribution >= 4 is 6.29 Å². The molecule has 0 aliphatic heterocycles. The first-order chi connectivity index (χ1) is 3.38. The lowest BCUT2D eigenvalue weighted by molar-refractivity contribution is -0.108. The number of aldehydes is 1. The Bertz CT molecular complexity index is 125. The zero-order chi connectivity index (χ0) is 5.28. The van der Waals surface area contributed by atoms with E-state index in [2.05, 4.69) is 0 Å². The number of hydrogen-bond acceptors (Lipinski definition) is 2. The summed E-state index contributed by atoms with van der Waals surface area (Å²) in [5, 5.41) is 8.10. The predicted octanol–water partition coefficient (Wildman–Crippen LogP) is 0.345. The third-order valence-corrected chi connectivity index (χ3v) is 1.18. The summed E-state index contributed by atoms with van der Waals surface area (Å²) in [6.07, 6.45) is 1.65. The number of nitriles is 1. The van der Waals surface area contributed by atoms with Gasteiger partial charge >= 0.3 is 0 Å². The van der Waals surface area contributed by atoms with Crippen LogP contribution in [0.3, 0.4) is 0 Å². The maximum Gasteiger partial charge on any atom is 0.124 e.